The van der Waals surface area contributed by atoms with E-state index in [1.54, 1.807) is 36.2 Å². The van der Waals surface area contributed by atoms with Crippen LogP contribution in [0.2, 0.25) is 0 Å². The van der Waals surface area contributed by atoms with E-state index in [0.717, 1.165) is 37.8 Å². The Bertz CT molecular complexity index is 1500. The van der Waals surface area contributed by atoms with Crippen LogP contribution in [0.25, 0.3) is 0 Å². The van der Waals surface area contributed by atoms with Gasteiger partial charge in [-0.15, -0.1) is 0 Å². The zero-order chi connectivity index (χ0) is 42.8. The minimum Gasteiger partial charge on any atom is -0.488 e. The summed E-state index contributed by atoms with van der Waals surface area (Å²) < 4.78 is 51.1. The molecule has 3 aromatic rings. The monoisotopic (exact) mass is 781 g/mol. The molecule has 0 radical (unpaired) electrons. The molecule has 0 aliphatic rings. The van der Waals surface area contributed by atoms with Gasteiger partial charge in [-0.3, -0.25) is 4.79 Å². The van der Waals surface area contributed by atoms with Crippen molar-refractivity contribution in [1.29, 1.82) is 0 Å². The average molecular weight is 781 g/mol. The molecule has 0 fully saturated rings. The highest BCUT2D eigenvalue weighted by Gasteiger charge is 2.31. The second-order valence-electron chi connectivity index (χ2n) is 12.5. The number of anilines is 6. The van der Waals surface area contributed by atoms with Gasteiger partial charge in [0.25, 0.3) is 0 Å². The highest BCUT2D eigenvalue weighted by Crippen LogP contribution is 2.36. The zero-order valence-corrected chi connectivity index (χ0v) is 35.2. The fourth-order valence-electron chi connectivity index (χ4n) is 4.30. The minimum atomic E-state index is -4.57. The molecule has 0 saturated carbocycles. The summed E-state index contributed by atoms with van der Waals surface area (Å²) in [6.07, 6.45) is 1.26. The zero-order valence-electron chi connectivity index (χ0n) is 35.2. The summed E-state index contributed by atoms with van der Waals surface area (Å²) in [6.45, 7) is 19.6. The van der Waals surface area contributed by atoms with Gasteiger partial charge in [-0.2, -0.15) is 13.2 Å². The molecule has 15 heteroatoms. The highest BCUT2D eigenvalue weighted by molar-refractivity contribution is 6.01. The highest BCUT2D eigenvalue weighted by atomic mass is 19.4. The molecule has 1 aromatic heterocycles. The molecule has 0 aliphatic carbocycles. The van der Waals surface area contributed by atoms with Gasteiger partial charge in [0.2, 0.25) is 0 Å². The van der Waals surface area contributed by atoms with Crippen LogP contribution >= 0.6 is 0 Å². The van der Waals surface area contributed by atoms with E-state index >= 15 is 0 Å². The van der Waals surface area contributed by atoms with Crippen molar-refractivity contribution in [3.63, 3.8) is 0 Å². The van der Waals surface area contributed by atoms with Crippen molar-refractivity contribution in [2.24, 2.45) is 0 Å². The van der Waals surface area contributed by atoms with E-state index in [9.17, 15) is 22.8 Å². The maximum Gasteiger partial charge on any atom is 0.416 e. The topological polar surface area (TPSA) is 170 Å². The van der Waals surface area contributed by atoms with E-state index in [2.05, 4.69) is 25.9 Å². The van der Waals surface area contributed by atoms with Crippen LogP contribution < -0.4 is 37.1 Å². The van der Waals surface area contributed by atoms with Crippen LogP contribution in [0.1, 0.15) is 113 Å². The molecule has 1 heterocycles. The van der Waals surface area contributed by atoms with E-state index in [4.69, 9.17) is 20.9 Å². The van der Waals surface area contributed by atoms with E-state index in [1.807, 2.05) is 83.3 Å². The number of carbonyl (C=O) groups excluding carboxylic acids is 2. The first kappa shape index (κ1) is 52.3. The molecule has 0 spiro atoms. The lowest BCUT2D eigenvalue weighted by atomic mass is 10.1. The Morgan fingerprint density at radius 2 is 1.47 bits per heavy atom. The standard InChI is InChI=1S/C26H32F3N7O2.C8H16O2.C2H7N.2C2H6/c1-4-6-7-19(5-2)38-21-13-8-16(26(27,28)29)14-20(21)35-25(37)34-17-9-11-18(12-10-17)36(3)24-22(30)23(31)32-15-33-24;1-5-6-7(9)10-8(2,3)4;1-3-2;2*1-2/h8-15,19H,4-7,30H2,1-3H3,(H2,31,32,33)(H2,34,35,37);5-6H2,1-4H3;3H,1-2H3;2*1-2H3. The molecule has 1 unspecified atom stereocenters. The fourth-order valence-corrected chi connectivity index (χ4v) is 4.30. The molecule has 0 saturated heterocycles. The molecule has 2 aromatic carbocycles. The van der Waals surface area contributed by atoms with Crippen LogP contribution in [-0.2, 0) is 15.7 Å². The van der Waals surface area contributed by atoms with Gasteiger partial charge in [0.05, 0.1) is 17.4 Å². The largest absolute Gasteiger partial charge is 0.488 e. The molecule has 12 nitrogen and oxygen atoms in total. The van der Waals surface area contributed by atoms with E-state index in [1.165, 1.54) is 12.4 Å². The van der Waals surface area contributed by atoms with Crippen LogP contribution in [0.3, 0.4) is 0 Å². The predicted molar refractivity (Wildman–Crippen MR) is 222 cm³/mol. The van der Waals surface area contributed by atoms with Crippen molar-refractivity contribution < 1.29 is 32.2 Å². The number of hydrogen-bond acceptors (Lipinski definition) is 10. The third-order valence-electron chi connectivity index (χ3n) is 6.78. The van der Waals surface area contributed by atoms with Gasteiger partial charge in [-0.1, -0.05) is 61.3 Å². The quantitative estimate of drug-likeness (QED) is 0.111. The molecule has 0 bridgehead atoms. The normalized spacial score (nSPS) is 10.9. The maximum absolute atomic E-state index is 13.4. The number of nitrogens with zero attached hydrogens (tertiary/aromatic N) is 3. The number of esters is 1. The van der Waals surface area contributed by atoms with E-state index < -0.39 is 17.8 Å². The lowest BCUT2D eigenvalue weighted by molar-refractivity contribution is -0.154. The first-order chi connectivity index (χ1) is 25.9. The van der Waals surface area contributed by atoms with Gasteiger partial charge in [-0.05, 0) is 96.6 Å². The van der Waals surface area contributed by atoms with Gasteiger partial charge in [0.15, 0.2) is 11.6 Å². The van der Waals surface area contributed by atoms with Crippen molar-refractivity contribution >= 4 is 46.4 Å². The summed E-state index contributed by atoms with van der Waals surface area (Å²) in [6, 6.07) is 9.03. The number of rotatable bonds is 12. The first-order valence-electron chi connectivity index (χ1n) is 18.9. The van der Waals surface area contributed by atoms with Gasteiger partial charge < -0.3 is 41.8 Å². The Kier molecular flexibility index (Phi) is 26.4. The van der Waals surface area contributed by atoms with E-state index in [-0.39, 0.29) is 40.6 Å². The van der Waals surface area contributed by atoms with Crippen molar-refractivity contribution in [1.82, 2.24) is 15.3 Å². The number of amides is 2. The van der Waals surface area contributed by atoms with Crippen LogP contribution in [0.4, 0.5) is 52.4 Å². The molecular weight excluding hydrogens is 713 g/mol. The maximum atomic E-state index is 13.4. The first-order valence-corrected chi connectivity index (χ1v) is 18.9. The van der Waals surface area contributed by atoms with Gasteiger partial charge >= 0.3 is 18.2 Å². The number of nitrogens with one attached hydrogen (secondary N) is 3. The number of nitrogens with two attached hydrogens (primary N) is 2. The summed E-state index contributed by atoms with van der Waals surface area (Å²) in [5.74, 6) is 0.646. The smallest absolute Gasteiger partial charge is 0.416 e. The Labute approximate surface area is 327 Å². The van der Waals surface area contributed by atoms with Crippen molar-refractivity contribution in [2.45, 2.75) is 126 Å². The number of halogens is 3. The Balaban J connectivity index is 0. The number of urea groups is 1. The third-order valence-corrected chi connectivity index (χ3v) is 6.78. The average Bonchev–Trinajstić information content (AvgIpc) is 3.13. The number of hydrogen-bond donors (Lipinski definition) is 5. The number of ether oxygens (including phenoxy) is 2. The number of nitrogen functional groups attached to an aromatic ring is 2. The Hall–Kier alpha value is -4.79. The van der Waals surface area contributed by atoms with Gasteiger partial charge in [-0.25, -0.2) is 14.8 Å². The summed E-state index contributed by atoms with van der Waals surface area (Å²) in [5.41, 5.74) is 11.8. The molecular formula is C40H67F3N8O4. The summed E-state index contributed by atoms with van der Waals surface area (Å²) in [7, 11) is 5.49. The number of benzene rings is 2. The lowest BCUT2D eigenvalue weighted by Gasteiger charge is -2.21. The Morgan fingerprint density at radius 1 is 0.891 bits per heavy atom. The molecule has 312 valence electrons. The molecule has 55 heavy (non-hydrogen) atoms. The van der Waals surface area contributed by atoms with Gasteiger partial charge in [0.1, 0.15) is 23.4 Å². The minimum absolute atomic E-state index is 0.0690. The number of alkyl halides is 3. The van der Waals surface area contributed by atoms with Crippen molar-refractivity contribution in [2.75, 3.05) is 48.1 Å². The number of aromatic nitrogens is 2. The van der Waals surface area contributed by atoms with Gasteiger partial charge in [0, 0.05) is 24.8 Å². The number of unbranched alkanes of at least 4 members (excludes halogenated alkanes) is 1. The van der Waals surface area contributed by atoms with Crippen molar-refractivity contribution in [3.05, 3.63) is 54.4 Å². The van der Waals surface area contributed by atoms with Crippen LogP contribution in [0, 0.1) is 0 Å². The van der Waals surface area contributed by atoms with Crippen LogP contribution in [0.5, 0.6) is 5.75 Å². The SMILES string of the molecule is CC.CC.CCCC(=O)OC(C)(C)C.CCCCC(CC)Oc1ccc(C(F)(F)F)cc1NC(=O)Nc1ccc(N(C)c2ncnc(N)c2N)cc1.CNC. The molecule has 2 amide bonds. The molecule has 7 N–H and O–H groups in total. The van der Waals surface area contributed by atoms with Crippen LogP contribution in [0.15, 0.2) is 48.8 Å². The van der Waals surface area contributed by atoms with Crippen molar-refractivity contribution in [3.8, 4) is 5.75 Å². The lowest BCUT2D eigenvalue weighted by Crippen LogP contribution is -2.23. The summed E-state index contributed by atoms with van der Waals surface area (Å²) in [4.78, 5) is 33.3. The Morgan fingerprint density at radius 3 is 1.96 bits per heavy atom. The molecule has 1 atom stereocenters. The molecule has 3 rings (SSSR count). The summed E-state index contributed by atoms with van der Waals surface area (Å²) in [5, 5.41) is 7.88. The van der Waals surface area contributed by atoms with Crippen LogP contribution in [-0.4, -0.2) is 54.8 Å². The predicted octanol–water partition coefficient (Wildman–Crippen LogP) is 10.4. The number of carbonyl (C=O) groups is 2. The second-order valence-corrected chi connectivity index (χ2v) is 12.5. The second kappa shape index (κ2) is 27.7. The third kappa shape index (κ3) is 21.0. The fraction of sp³-hybridized carbons (Fsp3) is 0.550. The summed E-state index contributed by atoms with van der Waals surface area (Å²) >= 11 is 0. The molecule has 0 aliphatic heterocycles. The van der Waals surface area contributed by atoms with E-state index in [0.29, 0.717) is 30.0 Å².